The Balaban J connectivity index is 0.000000806. The molecule has 0 aliphatic heterocycles. The Kier molecular flexibility index (Phi) is 7.46. The highest BCUT2D eigenvalue weighted by molar-refractivity contribution is 7.14. The number of aliphatic hydroxyl groups excluding tert-OH is 1. The summed E-state index contributed by atoms with van der Waals surface area (Å²) in [5, 5.41) is 14.5. The van der Waals surface area contributed by atoms with Crippen molar-refractivity contribution >= 4 is 33.8 Å². The van der Waals surface area contributed by atoms with Gasteiger partial charge in [-0.3, -0.25) is 0 Å². The molecule has 0 aliphatic rings. The molecule has 6 nitrogen and oxygen atoms in total. The number of methoxy groups -OCH3 is 1. The number of rotatable bonds is 5. The third-order valence-electron chi connectivity index (χ3n) is 4.07. The molecule has 2 aromatic carbocycles. The molecule has 0 spiro atoms. The highest BCUT2D eigenvalue weighted by Crippen LogP contribution is 2.31. The van der Waals surface area contributed by atoms with Crippen molar-refractivity contribution in [2.75, 3.05) is 19.0 Å². The van der Waals surface area contributed by atoms with E-state index in [0.29, 0.717) is 5.02 Å². The van der Waals surface area contributed by atoms with E-state index in [-0.39, 0.29) is 6.61 Å². The van der Waals surface area contributed by atoms with Crippen LogP contribution in [0.1, 0.15) is 12.6 Å². The fourth-order valence-corrected chi connectivity index (χ4v) is 3.60. The van der Waals surface area contributed by atoms with E-state index in [0.717, 1.165) is 39.2 Å². The van der Waals surface area contributed by atoms with Gasteiger partial charge in [-0.25, -0.2) is 9.97 Å². The first-order valence-electron chi connectivity index (χ1n) is 9.32. The molecule has 0 saturated heterocycles. The standard InChI is InChI=1S/C20H17ClN4OS.C2H6O/c1-13-10-25(12-22-13)18-8-7-16(9-19(18)26-2)23-20-24-17(11-27-20)14-3-5-15(21)6-4-14;1-2-3/h3-12H,1-2H3,(H,23,24);3H,2H2,1H3. The van der Waals surface area contributed by atoms with Crippen LogP contribution in [-0.4, -0.2) is 33.4 Å². The molecule has 2 N–H and O–H groups in total. The first-order valence-corrected chi connectivity index (χ1v) is 10.6. The molecule has 0 atom stereocenters. The van der Waals surface area contributed by atoms with Gasteiger partial charge >= 0.3 is 0 Å². The van der Waals surface area contributed by atoms with Gasteiger partial charge < -0.3 is 19.7 Å². The van der Waals surface area contributed by atoms with Gasteiger partial charge in [0.15, 0.2) is 5.13 Å². The van der Waals surface area contributed by atoms with Crippen LogP contribution in [0.5, 0.6) is 5.75 Å². The second-order valence-corrected chi connectivity index (χ2v) is 7.59. The van der Waals surface area contributed by atoms with Crippen molar-refractivity contribution in [2.45, 2.75) is 13.8 Å². The van der Waals surface area contributed by atoms with Crippen LogP contribution < -0.4 is 10.1 Å². The molecule has 2 aromatic heterocycles. The number of anilines is 2. The smallest absolute Gasteiger partial charge is 0.187 e. The molecule has 0 radical (unpaired) electrons. The molecule has 0 fully saturated rings. The normalized spacial score (nSPS) is 10.3. The third kappa shape index (κ3) is 5.38. The van der Waals surface area contributed by atoms with Crippen molar-refractivity contribution in [3.63, 3.8) is 0 Å². The van der Waals surface area contributed by atoms with E-state index in [1.165, 1.54) is 0 Å². The molecule has 0 amide bonds. The number of benzene rings is 2. The molecule has 156 valence electrons. The molecule has 0 aliphatic carbocycles. The van der Waals surface area contributed by atoms with E-state index >= 15 is 0 Å². The van der Waals surface area contributed by atoms with Gasteiger partial charge in [-0.1, -0.05) is 23.7 Å². The minimum Gasteiger partial charge on any atom is -0.494 e. The van der Waals surface area contributed by atoms with Gasteiger partial charge in [0.1, 0.15) is 5.75 Å². The zero-order chi connectivity index (χ0) is 21.5. The van der Waals surface area contributed by atoms with E-state index in [9.17, 15) is 0 Å². The number of aromatic nitrogens is 3. The maximum absolute atomic E-state index is 7.57. The fourth-order valence-electron chi connectivity index (χ4n) is 2.73. The molecule has 4 rings (SSSR count). The first kappa shape index (κ1) is 21.8. The quantitative estimate of drug-likeness (QED) is 0.414. The molecule has 8 heteroatoms. The number of aryl methyl sites for hydroxylation is 1. The average molecular weight is 443 g/mol. The number of halogens is 1. The molecular formula is C22H23ClN4O2S. The van der Waals surface area contributed by atoms with Crippen LogP contribution in [0, 0.1) is 6.92 Å². The van der Waals surface area contributed by atoms with E-state index < -0.39 is 0 Å². The maximum atomic E-state index is 7.57. The summed E-state index contributed by atoms with van der Waals surface area (Å²) in [4.78, 5) is 8.92. The van der Waals surface area contributed by atoms with E-state index in [4.69, 9.17) is 21.4 Å². The molecular weight excluding hydrogens is 420 g/mol. The Bertz CT molecular complexity index is 1090. The summed E-state index contributed by atoms with van der Waals surface area (Å²) in [5.74, 6) is 0.756. The molecule has 0 bridgehead atoms. The van der Waals surface area contributed by atoms with Gasteiger partial charge in [0, 0.05) is 40.5 Å². The number of nitrogens with one attached hydrogen (secondary N) is 1. The summed E-state index contributed by atoms with van der Waals surface area (Å²) in [6.07, 6.45) is 3.74. The van der Waals surface area contributed by atoms with Crippen LogP contribution in [0.15, 0.2) is 60.4 Å². The summed E-state index contributed by atoms with van der Waals surface area (Å²) in [6, 6.07) is 13.6. The summed E-state index contributed by atoms with van der Waals surface area (Å²) < 4.78 is 7.50. The van der Waals surface area contributed by atoms with Gasteiger partial charge in [-0.15, -0.1) is 11.3 Å². The largest absolute Gasteiger partial charge is 0.494 e. The lowest BCUT2D eigenvalue weighted by atomic mass is 10.2. The summed E-state index contributed by atoms with van der Waals surface area (Å²) in [5.41, 5.74) is 4.75. The average Bonchev–Trinajstić information content (AvgIpc) is 3.38. The minimum atomic E-state index is 0.250. The number of aliphatic hydroxyl groups is 1. The van der Waals surface area contributed by atoms with Gasteiger partial charge in [0.2, 0.25) is 0 Å². The molecule has 4 aromatic rings. The predicted octanol–water partition coefficient (Wildman–Crippen LogP) is 5.71. The highest BCUT2D eigenvalue weighted by Gasteiger charge is 2.09. The monoisotopic (exact) mass is 442 g/mol. The minimum absolute atomic E-state index is 0.250. The lowest BCUT2D eigenvalue weighted by molar-refractivity contribution is 0.318. The van der Waals surface area contributed by atoms with Gasteiger partial charge in [0.05, 0.1) is 30.5 Å². The van der Waals surface area contributed by atoms with Crippen molar-refractivity contribution in [3.8, 4) is 22.7 Å². The van der Waals surface area contributed by atoms with Crippen molar-refractivity contribution in [2.24, 2.45) is 0 Å². The summed E-state index contributed by atoms with van der Waals surface area (Å²) in [6.45, 7) is 3.89. The van der Waals surface area contributed by atoms with Gasteiger partial charge in [-0.05, 0) is 38.1 Å². The first-order chi connectivity index (χ1) is 14.5. The molecule has 0 saturated carbocycles. The second kappa shape index (κ2) is 10.2. The van der Waals surface area contributed by atoms with Gasteiger partial charge in [0.25, 0.3) is 0 Å². The molecule has 2 heterocycles. The lowest BCUT2D eigenvalue weighted by Crippen LogP contribution is -1.97. The number of thiazole rings is 1. The topological polar surface area (TPSA) is 72.2 Å². The van der Waals surface area contributed by atoms with Crippen LogP contribution in [0.4, 0.5) is 10.8 Å². The van der Waals surface area contributed by atoms with Crippen molar-refractivity contribution in [3.05, 3.63) is 71.1 Å². The summed E-state index contributed by atoms with van der Waals surface area (Å²) in [7, 11) is 1.66. The Morgan fingerprint density at radius 3 is 2.57 bits per heavy atom. The Labute approximate surface area is 184 Å². The fraction of sp³-hybridized carbons (Fsp3) is 0.182. The van der Waals surface area contributed by atoms with Crippen molar-refractivity contribution in [1.29, 1.82) is 0 Å². The zero-order valence-corrected chi connectivity index (χ0v) is 18.5. The summed E-state index contributed by atoms with van der Waals surface area (Å²) >= 11 is 7.50. The van der Waals surface area contributed by atoms with Crippen LogP contribution >= 0.6 is 22.9 Å². The highest BCUT2D eigenvalue weighted by atomic mass is 35.5. The molecule has 30 heavy (non-hydrogen) atoms. The maximum Gasteiger partial charge on any atom is 0.187 e. The Morgan fingerprint density at radius 2 is 1.93 bits per heavy atom. The Morgan fingerprint density at radius 1 is 1.20 bits per heavy atom. The number of imidazole rings is 1. The SMILES string of the molecule is CCO.COc1cc(Nc2nc(-c3ccc(Cl)cc3)cs2)ccc1-n1cnc(C)c1. The third-order valence-corrected chi connectivity index (χ3v) is 5.07. The molecule has 0 unspecified atom stereocenters. The number of hydrogen-bond acceptors (Lipinski definition) is 6. The number of nitrogens with zero attached hydrogens (tertiary/aromatic N) is 3. The van der Waals surface area contributed by atoms with E-state index in [1.807, 2.05) is 65.5 Å². The number of hydrogen-bond donors (Lipinski definition) is 2. The lowest BCUT2D eigenvalue weighted by Gasteiger charge is -2.11. The number of ether oxygens (including phenoxy) is 1. The second-order valence-electron chi connectivity index (χ2n) is 6.29. The van der Waals surface area contributed by atoms with Crippen LogP contribution in [0.25, 0.3) is 16.9 Å². The van der Waals surface area contributed by atoms with Crippen LogP contribution in [0.2, 0.25) is 5.02 Å². The van der Waals surface area contributed by atoms with E-state index in [1.54, 1.807) is 31.7 Å². The zero-order valence-electron chi connectivity index (χ0n) is 17.0. The Hall–Kier alpha value is -2.87. The van der Waals surface area contributed by atoms with E-state index in [2.05, 4.69) is 15.3 Å². The van der Waals surface area contributed by atoms with Crippen molar-refractivity contribution in [1.82, 2.24) is 14.5 Å². The van der Waals surface area contributed by atoms with Crippen molar-refractivity contribution < 1.29 is 9.84 Å². The van der Waals surface area contributed by atoms with Crippen LogP contribution in [-0.2, 0) is 0 Å². The predicted molar refractivity (Wildman–Crippen MR) is 123 cm³/mol. The van der Waals surface area contributed by atoms with Gasteiger partial charge in [-0.2, -0.15) is 0 Å². The van der Waals surface area contributed by atoms with Crippen LogP contribution in [0.3, 0.4) is 0 Å².